The van der Waals surface area contributed by atoms with Gasteiger partial charge in [-0.05, 0) is 63.9 Å². The number of ketones is 1. The van der Waals surface area contributed by atoms with Crippen LogP contribution in [-0.2, 0) is 4.79 Å². The summed E-state index contributed by atoms with van der Waals surface area (Å²) < 4.78 is 0. The lowest BCUT2D eigenvalue weighted by Crippen LogP contribution is -2.41. The van der Waals surface area contributed by atoms with Gasteiger partial charge in [-0.25, -0.2) is 0 Å². The highest BCUT2D eigenvalue weighted by Crippen LogP contribution is 2.48. The Balaban J connectivity index is 1.83. The molecule has 3 aliphatic rings. The molecule has 3 rings (SSSR count). The third-order valence-electron chi connectivity index (χ3n) is 6.07. The van der Waals surface area contributed by atoms with Crippen molar-refractivity contribution in [3.63, 3.8) is 0 Å². The maximum Gasteiger partial charge on any atom is 0.181 e. The van der Waals surface area contributed by atoms with E-state index in [9.17, 15) is 9.90 Å². The number of allylic oxidation sites excluding steroid dienone is 6. The molecule has 0 amide bonds. The molecule has 0 unspecified atom stereocenters. The molecule has 0 spiro atoms. The molecule has 0 aromatic carbocycles. The van der Waals surface area contributed by atoms with E-state index in [0.717, 1.165) is 49.7 Å². The molecular weight excluding hydrogens is 284 g/mol. The molecule has 3 aliphatic carbocycles. The van der Waals surface area contributed by atoms with Gasteiger partial charge in [0.25, 0.3) is 0 Å². The number of aliphatic hydroxyl groups excluding tert-OH is 1. The topological polar surface area (TPSA) is 37.3 Å². The monoisotopic (exact) mass is 312 g/mol. The highest BCUT2D eigenvalue weighted by molar-refractivity contribution is 6.06. The molecule has 0 bridgehead atoms. The summed E-state index contributed by atoms with van der Waals surface area (Å²) in [6, 6.07) is 0. The van der Waals surface area contributed by atoms with E-state index < -0.39 is 0 Å². The van der Waals surface area contributed by atoms with Crippen molar-refractivity contribution >= 4 is 5.78 Å². The van der Waals surface area contributed by atoms with Crippen LogP contribution in [0.3, 0.4) is 0 Å². The third-order valence-corrected chi connectivity index (χ3v) is 6.07. The van der Waals surface area contributed by atoms with Crippen molar-refractivity contribution in [3.8, 4) is 0 Å². The second kappa shape index (κ2) is 6.24. The number of carbonyl (C=O) groups is 1. The average molecular weight is 312 g/mol. The van der Waals surface area contributed by atoms with Crippen LogP contribution in [0.5, 0.6) is 0 Å². The van der Waals surface area contributed by atoms with Crippen molar-refractivity contribution in [1.29, 1.82) is 0 Å². The van der Waals surface area contributed by atoms with Crippen molar-refractivity contribution in [3.05, 3.63) is 47.1 Å². The number of fused-ring (bicyclic) bond motifs is 1. The van der Waals surface area contributed by atoms with Crippen LogP contribution in [0.4, 0.5) is 0 Å². The summed E-state index contributed by atoms with van der Waals surface area (Å²) in [5.41, 5.74) is 4.31. The third kappa shape index (κ3) is 3.14. The van der Waals surface area contributed by atoms with E-state index in [-0.39, 0.29) is 17.3 Å². The number of rotatable bonds is 2. The molecule has 0 aromatic rings. The Hall–Kier alpha value is -1.41. The van der Waals surface area contributed by atoms with E-state index in [1.165, 1.54) is 11.1 Å². The molecular formula is C21H28O2. The highest BCUT2D eigenvalue weighted by atomic mass is 16.3. The zero-order chi connectivity index (χ0) is 16.6. The van der Waals surface area contributed by atoms with Crippen LogP contribution >= 0.6 is 0 Å². The molecule has 1 N–H and O–H groups in total. The molecule has 1 fully saturated rings. The molecule has 124 valence electrons. The van der Waals surface area contributed by atoms with Gasteiger partial charge in [0.2, 0.25) is 0 Å². The smallest absolute Gasteiger partial charge is 0.181 e. The zero-order valence-corrected chi connectivity index (χ0v) is 14.4. The van der Waals surface area contributed by atoms with E-state index in [1.807, 2.05) is 0 Å². The van der Waals surface area contributed by atoms with E-state index in [4.69, 9.17) is 0 Å². The summed E-state index contributed by atoms with van der Waals surface area (Å²) in [7, 11) is 0. The van der Waals surface area contributed by atoms with Gasteiger partial charge >= 0.3 is 0 Å². The normalized spacial score (nSPS) is 36.3. The first-order valence-corrected chi connectivity index (χ1v) is 8.88. The minimum absolute atomic E-state index is 0.148. The standard InChI is InChI=1S/C21H28O2/c1-14(2)16-9-7-15(8-10-16)11-17-13-21(3)18(12-19(17)22)5-4-6-20(21)23/h7,11-12,16,20,23H,1,4-6,8-10,13H2,2-3H3/b17-11+/t16-,20-,21-/m0/s1. The van der Waals surface area contributed by atoms with E-state index in [0.29, 0.717) is 12.3 Å². The molecule has 0 saturated heterocycles. The van der Waals surface area contributed by atoms with Gasteiger partial charge < -0.3 is 5.11 Å². The van der Waals surface area contributed by atoms with Crippen LogP contribution in [0.15, 0.2) is 47.1 Å². The first-order chi connectivity index (χ1) is 10.9. The molecule has 0 radical (unpaired) electrons. The summed E-state index contributed by atoms with van der Waals surface area (Å²) in [4.78, 5) is 12.5. The van der Waals surface area contributed by atoms with Gasteiger partial charge in [0.1, 0.15) is 0 Å². The summed E-state index contributed by atoms with van der Waals surface area (Å²) >= 11 is 0. The van der Waals surface area contributed by atoms with E-state index in [1.54, 1.807) is 6.08 Å². The van der Waals surface area contributed by atoms with Crippen molar-refractivity contribution in [2.45, 2.75) is 64.9 Å². The fraction of sp³-hybridized carbons (Fsp3) is 0.571. The van der Waals surface area contributed by atoms with Crippen LogP contribution in [0, 0.1) is 11.3 Å². The Morgan fingerprint density at radius 3 is 2.83 bits per heavy atom. The number of aliphatic hydroxyl groups is 1. The highest BCUT2D eigenvalue weighted by Gasteiger charge is 2.43. The Kier molecular flexibility index (Phi) is 4.46. The van der Waals surface area contributed by atoms with Crippen molar-refractivity contribution in [2.75, 3.05) is 0 Å². The van der Waals surface area contributed by atoms with Crippen LogP contribution in [0.2, 0.25) is 0 Å². The SMILES string of the molecule is C=C(C)[C@H]1CC=C(/C=C2\C[C@@]3(C)C(=CC2=O)CCC[C@@H]3O)CC1. The number of carbonyl (C=O) groups excluding carboxylic acids is 1. The van der Waals surface area contributed by atoms with Crippen molar-refractivity contribution in [1.82, 2.24) is 0 Å². The van der Waals surface area contributed by atoms with E-state index >= 15 is 0 Å². The van der Waals surface area contributed by atoms with Crippen LogP contribution in [0.1, 0.15) is 58.8 Å². The summed E-state index contributed by atoms with van der Waals surface area (Å²) in [6.45, 7) is 8.28. The number of hydrogen-bond donors (Lipinski definition) is 1. The molecule has 0 aliphatic heterocycles. The summed E-state index contributed by atoms with van der Waals surface area (Å²) in [5, 5.41) is 10.5. The lowest BCUT2D eigenvalue weighted by molar-refractivity contribution is -0.112. The van der Waals surface area contributed by atoms with Gasteiger partial charge in [0, 0.05) is 11.0 Å². The Morgan fingerprint density at radius 2 is 2.17 bits per heavy atom. The fourth-order valence-electron chi connectivity index (χ4n) is 4.29. The molecule has 0 aromatic heterocycles. The van der Waals surface area contributed by atoms with Gasteiger partial charge in [-0.2, -0.15) is 0 Å². The second-order valence-corrected chi connectivity index (χ2v) is 7.80. The molecule has 23 heavy (non-hydrogen) atoms. The Labute approximate surface area is 139 Å². The van der Waals surface area contributed by atoms with Crippen LogP contribution < -0.4 is 0 Å². The first kappa shape index (κ1) is 16.4. The van der Waals surface area contributed by atoms with Gasteiger partial charge in [-0.3, -0.25) is 4.79 Å². The van der Waals surface area contributed by atoms with Gasteiger partial charge in [0.05, 0.1) is 6.10 Å². The Bertz CT molecular complexity index is 620. The molecule has 0 heterocycles. The van der Waals surface area contributed by atoms with Gasteiger partial charge in [-0.1, -0.05) is 42.4 Å². The quantitative estimate of drug-likeness (QED) is 0.594. The maximum absolute atomic E-state index is 12.5. The average Bonchev–Trinajstić information content (AvgIpc) is 2.51. The summed E-state index contributed by atoms with van der Waals surface area (Å²) in [5.74, 6) is 0.734. The lowest BCUT2D eigenvalue weighted by Gasteiger charge is -2.43. The molecule has 3 atom stereocenters. The first-order valence-electron chi connectivity index (χ1n) is 8.88. The van der Waals surface area contributed by atoms with E-state index in [2.05, 4.69) is 32.6 Å². The zero-order valence-electron chi connectivity index (χ0n) is 14.4. The predicted molar refractivity (Wildman–Crippen MR) is 94.0 cm³/mol. The summed E-state index contributed by atoms with van der Waals surface area (Å²) in [6.07, 6.45) is 12.5. The molecule has 1 saturated carbocycles. The fourth-order valence-corrected chi connectivity index (χ4v) is 4.29. The van der Waals surface area contributed by atoms with Gasteiger partial charge in [0.15, 0.2) is 5.78 Å². The minimum atomic E-state index is -0.327. The molecule has 2 nitrogen and oxygen atoms in total. The van der Waals surface area contributed by atoms with Crippen LogP contribution in [-0.4, -0.2) is 17.0 Å². The van der Waals surface area contributed by atoms with Gasteiger partial charge in [-0.15, -0.1) is 0 Å². The van der Waals surface area contributed by atoms with Crippen molar-refractivity contribution in [2.24, 2.45) is 11.3 Å². The second-order valence-electron chi connectivity index (χ2n) is 7.80. The minimum Gasteiger partial charge on any atom is -0.392 e. The van der Waals surface area contributed by atoms with Crippen LogP contribution in [0.25, 0.3) is 0 Å². The van der Waals surface area contributed by atoms with Crippen molar-refractivity contribution < 1.29 is 9.90 Å². The molecule has 2 heteroatoms. The predicted octanol–water partition coefficient (Wildman–Crippen LogP) is 4.67. The Morgan fingerprint density at radius 1 is 1.39 bits per heavy atom. The number of hydrogen-bond acceptors (Lipinski definition) is 2. The maximum atomic E-state index is 12.5. The lowest BCUT2D eigenvalue weighted by atomic mass is 9.63. The largest absolute Gasteiger partial charge is 0.392 e.